The number of fused-ring (bicyclic) bond motifs is 1. The molecule has 122 valence electrons. The number of anilines is 1. The largest absolute Gasteiger partial charge is 0.350 e. The highest BCUT2D eigenvalue weighted by atomic mass is 16.1. The van der Waals surface area contributed by atoms with Gasteiger partial charge in [0.05, 0.1) is 18.4 Å². The minimum absolute atomic E-state index is 0.0754. The van der Waals surface area contributed by atoms with Crippen LogP contribution in [0.2, 0.25) is 0 Å². The maximum Gasteiger partial charge on any atom is 0.223 e. The van der Waals surface area contributed by atoms with E-state index in [0.717, 1.165) is 30.9 Å². The fraction of sp³-hybridized carbons (Fsp3) is 0.444. The second-order valence-electron chi connectivity index (χ2n) is 6.43. The normalized spacial score (nSPS) is 16.7. The molecule has 1 atom stereocenters. The van der Waals surface area contributed by atoms with E-state index < -0.39 is 0 Å². The maximum absolute atomic E-state index is 12.5. The molecular weight excluding hydrogens is 288 g/mol. The maximum atomic E-state index is 12.5. The number of carbonyl (C=O) groups is 1. The van der Waals surface area contributed by atoms with Crippen LogP contribution in [0.4, 0.5) is 5.95 Å². The summed E-state index contributed by atoms with van der Waals surface area (Å²) in [5.74, 6) is 1.11. The van der Waals surface area contributed by atoms with Crippen molar-refractivity contribution in [3.05, 3.63) is 47.3 Å². The summed E-state index contributed by atoms with van der Waals surface area (Å²) in [5.41, 5.74) is 3.71. The minimum atomic E-state index is 0.0754. The highest BCUT2D eigenvalue weighted by molar-refractivity contribution is 5.79. The van der Waals surface area contributed by atoms with Gasteiger partial charge in [-0.15, -0.1) is 0 Å². The van der Waals surface area contributed by atoms with Gasteiger partial charge in [0.2, 0.25) is 11.9 Å². The molecule has 1 amide bonds. The van der Waals surface area contributed by atoms with Gasteiger partial charge in [-0.2, -0.15) is 0 Å². The van der Waals surface area contributed by atoms with Crippen LogP contribution in [0.3, 0.4) is 0 Å². The quantitative estimate of drug-likeness (QED) is 0.938. The van der Waals surface area contributed by atoms with Gasteiger partial charge in [-0.25, -0.2) is 4.98 Å². The van der Waals surface area contributed by atoms with E-state index in [1.54, 1.807) is 0 Å². The fourth-order valence-corrected chi connectivity index (χ4v) is 3.26. The highest BCUT2D eigenvalue weighted by Gasteiger charge is 2.24. The first kappa shape index (κ1) is 15.6. The van der Waals surface area contributed by atoms with Crippen molar-refractivity contribution < 1.29 is 4.79 Å². The predicted octanol–water partition coefficient (Wildman–Crippen LogP) is 1.91. The van der Waals surface area contributed by atoms with E-state index in [4.69, 9.17) is 0 Å². The number of rotatable bonds is 4. The van der Waals surface area contributed by atoms with Gasteiger partial charge in [0, 0.05) is 27.1 Å². The van der Waals surface area contributed by atoms with Crippen LogP contribution < -0.4 is 10.2 Å². The Morgan fingerprint density at radius 2 is 2.09 bits per heavy atom. The molecule has 0 aliphatic heterocycles. The van der Waals surface area contributed by atoms with E-state index in [1.165, 1.54) is 11.1 Å². The lowest BCUT2D eigenvalue weighted by atomic mass is 9.83. The number of amides is 1. The van der Waals surface area contributed by atoms with Crippen LogP contribution in [0.1, 0.15) is 23.2 Å². The Labute approximate surface area is 137 Å². The topological polar surface area (TPSA) is 50.2 Å². The molecule has 1 aliphatic rings. The summed E-state index contributed by atoms with van der Waals surface area (Å²) in [5, 5.41) is 3.07. The van der Waals surface area contributed by atoms with Crippen LogP contribution in [-0.2, 0) is 31.2 Å². The smallest absolute Gasteiger partial charge is 0.223 e. The number of aryl methyl sites for hydroxylation is 1. The molecule has 0 spiro atoms. The number of imidazole rings is 1. The van der Waals surface area contributed by atoms with Crippen molar-refractivity contribution in [3.8, 4) is 0 Å². The van der Waals surface area contributed by atoms with Crippen LogP contribution in [0.5, 0.6) is 0 Å². The summed E-state index contributed by atoms with van der Waals surface area (Å²) < 4.78 is 2.01. The molecule has 1 aromatic carbocycles. The average molecular weight is 312 g/mol. The first-order chi connectivity index (χ1) is 11.1. The molecule has 3 rings (SSSR count). The van der Waals surface area contributed by atoms with Crippen molar-refractivity contribution in [1.29, 1.82) is 0 Å². The van der Waals surface area contributed by atoms with Gasteiger partial charge in [0.1, 0.15) is 0 Å². The van der Waals surface area contributed by atoms with Crippen molar-refractivity contribution in [2.75, 3.05) is 19.0 Å². The fourth-order valence-electron chi connectivity index (χ4n) is 3.26. The summed E-state index contributed by atoms with van der Waals surface area (Å²) in [6.45, 7) is 0.522. The minimum Gasteiger partial charge on any atom is -0.350 e. The summed E-state index contributed by atoms with van der Waals surface area (Å²) in [6.07, 6.45) is 4.59. The number of hydrogen-bond donors (Lipinski definition) is 1. The molecule has 0 radical (unpaired) electrons. The predicted molar refractivity (Wildman–Crippen MR) is 91.3 cm³/mol. The standard InChI is InChI=1S/C18H24N4O/c1-21(2)18-20-12-16(22(18)3)11-19-17(23)15-9-8-13-6-4-5-7-14(13)10-15/h4-7,12,15H,8-11H2,1-3H3,(H,19,23). The molecule has 1 N–H and O–H groups in total. The van der Waals surface area contributed by atoms with Crippen LogP contribution in [-0.4, -0.2) is 29.6 Å². The van der Waals surface area contributed by atoms with E-state index in [0.29, 0.717) is 6.54 Å². The molecule has 2 aromatic rings. The Balaban J connectivity index is 1.60. The molecular formula is C18H24N4O. The lowest BCUT2D eigenvalue weighted by Crippen LogP contribution is -2.34. The molecule has 0 fully saturated rings. The first-order valence-corrected chi connectivity index (χ1v) is 8.08. The zero-order valence-corrected chi connectivity index (χ0v) is 14.0. The molecule has 1 unspecified atom stereocenters. The Kier molecular flexibility index (Phi) is 4.37. The SMILES string of the molecule is CN(C)c1ncc(CNC(=O)C2CCc3ccccc3C2)n1C. The van der Waals surface area contributed by atoms with Crippen molar-refractivity contribution in [1.82, 2.24) is 14.9 Å². The van der Waals surface area contributed by atoms with Gasteiger partial charge >= 0.3 is 0 Å². The van der Waals surface area contributed by atoms with Gasteiger partial charge < -0.3 is 14.8 Å². The summed E-state index contributed by atoms with van der Waals surface area (Å²) in [4.78, 5) is 18.8. The van der Waals surface area contributed by atoms with E-state index in [2.05, 4.69) is 34.6 Å². The molecule has 23 heavy (non-hydrogen) atoms. The molecule has 1 heterocycles. The average Bonchev–Trinajstić information content (AvgIpc) is 2.93. The van der Waals surface area contributed by atoms with Crippen molar-refractivity contribution >= 4 is 11.9 Å². The Morgan fingerprint density at radius 3 is 2.78 bits per heavy atom. The zero-order valence-electron chi connectivity index (χ0n) is 14.0. The highest BCUT2D eigenvalue weighted by Crippen LogP contribution is 2.25. The molecule has 1 aromatic heterocycles. The van der Waals surface area contributed by atoms with Crippen LogP contribution >= 0.6 is 0 Å². The van der Waals surface area contributed by atoms with Gasteiger partial charge in [0.25, 0.3) is 0 Å². The van der Waals surface area contributed by atoms with Crippen molar-refractivity contribution in [3.63, 3.8) is 0 Å². The van der Waals surface area contributed by atoms with E-state index in [1.807, 2.05) is 36.8 Å². The summed E-state index contributed by atoms with van der Waals surface area (Å²) >= 11 is 0. The van der Waals surface area contributed by atoms with Crippen molar-refractivity contribution in [2.24, 2.45) is 13.0 Å². The molecule has 0 saturated carbocycles. The first-order valence-electron chi connectivity index (χ1n) is 8.08. The van der Waals surface area contributed by atoms with E-state index in [-0.39, 0.29) is 11.8 Å². The lowest BCUT2D eigenvalue weighted by Gasteiger charge is -2.23. The third-order valence-corrected chi connectivity index (χ3v) is 4.62. The van der Waals surface area contributed by atoms with Crippen molar-refractivity contribution in [2.45, 2.75) is 25.8 Å². The summed E-state index contributed by atoms with van der Waals surface area (Å²) in [6, 6.07) is 8.43. The van der Waals surface area contributed by atoms with Gasteiger partial charge in [-0.3, -0.25) is 4.79 Å². The Bertz CT molecular complexity index is 705. The number of benzene rings is 1. The second-order valence-corrected chi connectivity index (χ2v) is 6.43. The van der Waals surface area contributed by atoms with Gasteiger partial charge in [-0.1, -0.05) is 24.3 Å². The molecule has 0 saturated heterocycles. The van der Waals surface area contributed by atoms with E-state index >= 15 is 0 Å². The lowest BCUT2D eigenvalue weighted by molar-refractivity contribution is -0.125. The van der Waals surface area contributed by atoms with Crippen LogP contribution in [0, 0.1) is 5.92 Å². The van der Waals surface area contributed by atoms with Crippen LogP contribution in [0.25, 0.3) is 0 Å². The zero-order chi connectivity index (χ0) is 16.4. The van der Waals surface area contributed by atoms with Crippen LogP contribution in [0.15, 0.2) is 30.5 Å². The number of nitrogens with one attached hydrogen (secondary N) is 1. The van der Waals surface area contributed by atoms with Gasteiger partial charge in [-0.05, 0) is 30.4 Å². The summed E-state index contributed by atoms with van der Waals surface area (Å²) in [7, 11) is 5.90. The Morgan fingerprint density at radius 1 is 1.35 bits per heavy atom. The third kappa shape index (κ3) is 3.23. The molecule has 1 aliphatic carbocycles. The number of carbonyl (C=O) groups excluding carboxylic acids is 1. The van der Waals surface area contributed by atoms with Gasteiger partial charge in [0.15, 0.2) is 0 Å². The number of hydrogen-bond acceptors (Lipinski definition) is 3. The second kappa shape index (κ2) is 6.44. The Hall–Kier alpha value is -2.30. The molecule has 5 nitrogen and oxygen atoms in total. The number of nitrogens with zero attached hydrogens (tertiary/aromatic N) is 3. The van der Waals surface area contributed by atoms with E-state index in [9.17, 15) is 4.79 Å². The molecule has 5 heteroatoms. The molecule has 0 bridgehead atoms. The monoisotopic (exact) mass is 312 g/mol. The number of aromatic nitrogens is 2. The third-order valence-electron chi connectivity index (χ3n) is 4.62.